The number of rotatable bonds is 4. The number of nitrogens with one attached hydrogen (secondary N) is 1. The Bertz CT molecular complexity index is 274. The van der Waals surface area contributed by atoms with Gasteiger partial charge in [-0.3, -0.25) is 4.79 Å². The summed E-state index contributed by atoms with van der Waals surface area (Å²) < 4.78 is 37.2. The number of carbonyl (C=O) groups is 2. The van der Waals surface area contributed by atoms with E-state index in [4.69, 9.17) is 0 Å². The van der Waals surface area contributed by atoms with E-state index in [2.05, 4.69) is 0 Å². The lowest BCUT2D eigenvalue weighted by atomic mass is 10.3. The van der Waals surface area contributed by atoms with Gasteiger partial charge in [-0.15, -0.1) is 0 Å². The van der Waals surface area contributed by atoms with Crippen LogP contribution in [-0.4, -0.2) is 43.9 Å². The average Bonchev–Trinajstić information content (AvgIpc) is 2.12. The van der Waals surface area contributed by atoms with Crippen molar-refractivity contribution < 1.29 is 22.8 Å². The molecular weight excluding hydrogens is 213 g/mol. The Labute approximate surface area is 84.7 Å². The molecule has 0 unspecified atom stereocenters. The van der Waals surface area contributed by atoms with E-state index in [0.29, 0.717) is 17.3 Å². The van der Waals surface area contributed by atoms with Gasteiger partial charge in [0.2, 0.25) is 5.91 Å². The SMILES string of the molecule is CNC(=O)/C=C(\N(C)CC=O)C(F)(F)F. The molecule has 0 atom stereocenters. The highest BCUT2D eigenvalue weighted by Crippen LogP contribution is 2.27. The van der Waals surface area contributed by atoms with Gasteiger partial charge in [0.05, 0.1) is 6.54 Å². The lowest BCUT2D eigenvalue weighted by Gasteiger charge is -2.21. The molecule has 15 heavy (non-hydrogen) atoms. The summed E-state index contributed by atoms with van der Waals surface area (Å²) in [5, 5.41) is 2.03. The quantitative estimate of drug-likeness (QED) is 0.552. The number of hydrogen-bond donors (Lipinski definition) is 1. The summed E-state index contributed by atoms with van der Waals surface area (Å²) in [6.07, 6.45) is -3.93. The molecule has 0 aromatic heterocycles. The van der Waals surface area contributed by atoms with E-state index in [9.17, 15) is 22.8 Å². The molecule has 0 radical (unpaired) electrons. The van der Waals surface area contributed by atoms with Crippen molar-refractivity contribution in [1.29, 1.82) is 0 Å². The lowest BCUT2D eigenvalue weighted by molar-refractivity contribution is -0.122. The summed E-state index contributed by atoms with van der Waals surface area (Å²) in [4.78, 5) is 21.5. The molecule has 1 N–H and O–H groups in total. The van der Waals surface area contributed by atoms with Crippen molar-refractivity contribution in [1.82, 2.24) is 10.2 Å². The number of hydrogen-bond acceptors (Lipinski definition) is 3. The molecule has 0 rings (SSSR count). The molecule has 0 saturated heterocycles. The Kier molecular flexibility index (Phi) is 4.83. The highest BCUT2D eigenvalue weighted by molar-refractivity contribution is 5.88. The maximum Gasteiger partial charge on any atom is 0.431 e. The first-order chi connectivity index (χ1) is 6.82. The van der Waals surface area contributed by atoms with E-state index in [0.717, 1.165) is 7.05 Å². The van der Waals surface area contributed by atoms with Crippen molar-refractivity contribution >= 4 is 12.2 Å². The van der Waals surface area contributed by atoms with Crippen LogP contribution in [0.5, 0.6) is 0 Å². The molecule has 0 bridgehead atoms. The van der Waals surface area contributed by atoms with Crippen LogP contribution in [0.15, 0.2) is 11.8 Å². The van der Waals surface area contributed by atoms with Gasteiger partial charge in [-0.1, -0.05) is 0 Å². The maximum absolute atomic E-state index is 12.4. The van der Waals surface area contributed by atoms with Gasteiger partial charge in [0, 0.05) is 20.2 Å². The summed E-state index contributed by atoms with van der Waals surface area (Å²) in [5.41, 5.74) is -1.16. The molecule has 0 aliphatic heterocycles. The summed E-state index contributed by atoms with van der Waals surface area (Å²) >= 11 is 0. The maximum atomic E-state index is 12.4. The first kappa shape index (κ1) is 13.5. The standard InChI is InChI=1S/C8H11F3N2O2/c1-12-7(15)5-6(8(9,10)11)13(2)3-4-14/h4-5H,3H2,1-2H3,(H,12,15)/b6-5-. The van der Waals surface area contributed by atoms with Crippen LogP contribution >= 0.6 is 0 Å². The van der Waals surface area contributed by atoms with Crippen LogP contribution in [0.4, 0.5) is 13.2 Å². The topological polar surface area (TPSA) is 49.4 Å². The Morgan fingerprint density at radius 2 is 2.00 bits per heavy atom. The van der Waals surface area contributed by atoms with Crippen molar-refractivity contribution in [2.75, 3.05) is 20.6 Å². The molecule has 0 heterocycles. The van der Waals surface area contributed by atoms with Crippen molar-refractivity contribution in [3.63, 3.8) is 0 Å². The molecule has 0 aliphatic rings. The molecule has 4 nitrogen and oxygen atoms in total. The number of allylic oxidation sites excluding steroid dienone is 1. The van der Waals surface area contributed by atoms with Gasteiger partial charge in [0.15, 0.2) is 0 Å². The molecular formula is C8H11F3N2O2. The van der Waals surface area contributed by atoms with Crippen molar-refractivity contribution in [2.45, 2.75) is 6.18 Å². The third-order valence-corrected chi connectivity index (χ3v) is 1.56. The second-order valence-corrected chi connectivity index (χ2v) is 2.69. The Morgan fingerprint density at radius 3 is 2.33 bits per heavy atom. The fraction of sp³-hybridized carbons (Fsp3) is 0.500. The number of carbonyl (C=O) groups excluding carboxylic acids is 2. The van der Waals surface area contributed by atoms with E-state index < -0.39 is 24.3 Å². The number of nitrogens with zero attached hydrogens (tertiary/aromatic N) is 1. The monoisotopic (exact) mass is 224 g/mol. The average molecular weight is 224 g/mol. The van der Waals surface area contributed by atoms with Crippen molar-refractivity contribution in [3.8, 4) is 0 Å². The predicted octanol–water partition coefficient (Wildman–Crippen LogP) is 0.309. The Hall–Kier alpha value is -1.53. The lowest BCUT2D eigenvalue weighted by Crippen LogP contribution is -2.32. The Balaban J connectivity index is 4.97. The zero-order valence-electron chi connectivity index (χ0n) is 8.26. The molecule has 0 saturated carbocycles. The molecule has 1 amide bonds. The Morgan fingerprint density at radius 1 is 1.47 bits per heavy atom. The molecule has 7 heteroatoms. The highest BCUT2D eigenvalue weighted by Gasteiger charge is 2.36. The zero-order chi connectivity index (χ0) is 12.1. The third kappa shape index (κ3) is 4.48. The van der Waals surface area contributed by atoms with E-state index >= 15 is 0 Å². The van der Waals surface area contributed by atoms with Crippen LogP contribution in [0.2, 0.25) is 0 Å². The predicted molar refractivity (Wildman–Crippen MR) is 46.9 cm³/mol. The van der Waals surface area contributed by atoms with E-state index in [-0.39, 0.29) is 0 Å². The van der Waals surface area contributed by atoms with E-state index in [1.54, 1.807) is 0 Å². The van der Waals surface area contributed by atoms with Gasteiger partial charge >= 0.3 is 6.18 Å². The first-order valence-electron chi connectivity index (χ1n) is 3.98. The van der Waals surface area contributed by atoms with Gasteiger partial charge in [-0.05, 0) is 0 Å². The van der Waals surface area contributed by atoms with Gasteiger partial charge in [0.25, 0.3) is 0 Å². The highest BCUT2D eigenvalue weighted by atomic mass is 19.4. The summed E-state index contributed by atoms with van der Waals surface area (Å²) in [6, 6.07) is 0. The number of amides is 1. The summed E-state index contributed by atoms with van der Waals surface area (Å²) in [6.45, 7) is -0.428. The van der Waals surface area contributed by atoms with Crippen LogP contribution < -0.4 is 5.32 Å². The molecule has 0 aliphatic carbocycles. The van der Waals surface area contributed by atoms with Crippen LogP contribution in [0.3, 0.4) is 0 Å². The van der Waals surface area contributed by atoms with Crippen LogP contribution in [0, 0.1) is 0 Å². The number of aldehydes is 1. The van der Waals surface area contributed by atoms with Gasteiger partial charge in [-0.25, -0.2) is 0 Å². The van der Waals surface area contributed by atoms with Crippen LogP contribution in [-0.2, 0) is 9.59 Å². The zero-order valence-corrected chi connectivity index (χ0v) is 8.26. The largest absolute Gasteiger partial charge is 0.431 e. The minimum absolute atomic E-state index is 0.323. The van der Waals surface area contributed by atoms with Crippen molar-refractivity contribution in [3.05, 3.63) is 11.8 Å². The third-order valence-electron chi connectivity index (χ3n) is 1.56. The van der Waals surface area contributed by atoms with E-state index in [1.807, 2.05) is 5.32 Å². The van der Waals surface area contributed by atoms with Crippen LogP contribution in [0.1, 0.15) is 0 Å². The van der Waals surface area contributed by atoms with Gasteiger partial charge in [0.1, 0.15) is 12.0 Å². The minimum atomic E-state index is -4.66. The van der Waals surface area contributed by atoms with Crippen LogP contribution in [0.25, 0.3) is 0 Å². The number of halogens is 3. The molecule has 0 aromatic carbocycles. The first-order valence-corrected chi connectivity index (χ1v) is 3.98. The summed E-state index contributed by atoms with van der Waals surface area (Å²) in [7, 11) is 2.29. The second-order valence-electron chi connectivity index (χ2n) is 2.69. The molecule has 0 aromatic rings. The number of alkyl halides is 3. The van der Waals surface area contributed by atoms with E-state index in [1.165, 1.54) is 7.05 Å². The van der Waals surface area contributed by atoms with Crippen molar-refractivity contribution in [2.24, 2.45) is 0 Å². The fourth-order valence-electron chi connectivity index (χ4n) is 0.815. The smallest absolute Gasteiger partial charge is 0.363 e. The second kappa shape index (κ2) is 5.38. The summed E-state index contributed by atoms with van der Waals surface area (Å²) in [5.74, 6) is -0.875. The normalized spacial score (nSPS) is 12.2. The molecule has 86 valence electrons. The molecule has 0 fully saturated rings. The van der Waals surface area contributed by atoms with Gasteiger partial charge < -0.3 is 15.0 Å². The fourth-order valence-corrected chi connectivity index (χ4v) is 0.815. The van der Waals surface area contributed by atoms with Gasteiger partial charge in [-0.2, -0.15) is 13.2 Å². The minimum Gasteiger partial charge on any atom is -0.363 e. The number of likely N-dealkylation sites (N-methyl/N-ethyl adjacent to an activating group) is 2. The molecule has 0 spiro atoms.